The van der Waals surface area contributed by atoms with Gasteiger partial charge in [-0.3, -0.25) is 9.89 Å². The molecule has 0 aromatic carbocycles. The second-order valence-electron chi connectivity index (χ2n) is 4.57. The van der Waals surface area contributed by atoms with Gasteiger partial charge in [0.1, 0.15) is 5.69 Å². The predicted molar refractivity (Wildman–Crippen MR) is 61.0 cm³/mol. The van der Waals surface area contributed by atoms with Gasteiger partial charge in [0.15, 0.2) is 0 Å². The normalized spacial score (nSPS) is 25.8. The summed E-state index contributed by atoms with van der Waals surface area (Å²) in [6.45, 7) is 4.66. The number of nitrogens with one attached hydrogen (secondary N) is 1. The first-order valence-corrected chi connectivity index (χ1v) is 5.66. The van der Waals surface area contributed by atoms with E-state index in [1.54, 1.807) is 6.07 Å². The smallest absolute Gasteiger partial charge is 0.274 e. The molecule has 0 saturated carbocycles. The van der Waals surface area contributed by atoms with Crippen molar-refractivity contribution in [2.45, 2.75) is 38.8 Å². The van der Waals surface area contributed by atoms with Crippen LogP contribution < -0.4 is 5.73 Å². The first-order chi connectivity index (χ1) is 7.58. The van der Waals surface area contributed by atoms with Gasteiger partial charge in [-0.1, -0.05) is 0 Å². The number of carbonyl (C=O) groups excluding carboxylic acids is 1. The molecule has 3 N–H and O–H groups in total. The SMILES string of the molecule is Cc1cc(C(=O)N2CCC(N)CC2C)n[nH]1. The molecule has 1 fully saturated rings. The molecule has 2 atom stereocenters. The fraction of sp³-hybridized carbons (Fsp3) is 0.636. The van der Waals surface area contributed by atoms with Gasteiger partial charge in [-0.05, 0) is 32.8 Å². The molecule has 0 spiro atoms. The fourth-order valence-electron chi connectivity index (χ4n) is 2.18. The maximum Gasteiger partial charge on any atom is 0.274 e. The van der Waals surface area contributed by atoms with Crippen LogP contribution in [0.25, 0.3) is 0 Å². The molecule has 2 unspecified atom stereocenters. The third-order valence-corrected chi connectivity index (χ3v) is 3.10. The van der Waals surface area contributed by atoms with Crippen LogP contribution in [0.3, 0.4) is 0 Å². The van der Waals surface area contributed by atoms with Gasteiger partial charge in [0, 0.05) is 24.3 Å². The molecular weight excluding hydrogens is 204 g/mol. The topological polar surface area (TPSA) is 75.0 Å². The number of hydrogen-bond donors (Lipinski definition) is 2. The lowest BCUT2D eigenvalue weighted by atomic mass is 9.99. The van der Waals surface area contributed by atoms with Crippen LogP contribution >= 0.6 is 0 Å². The highest BCUT2D eigenvalue weighted by Crippen LogP contribution is 2.18. The Morgan fingerprint density at radius 1 is 1.69 bits per heavy atom. The monoisotopic (exact) mass is 222 g/mol. The molecule has 0 aliphatic carbocycles. The Kier molecular flexibility index (Phi) is 2.96. The van der Waals surface area contributed by atoms with Crippen LogP contribution in [0.5, 0.6) is 0 Å². The lowest BCUT2D eigenvalue weighted by Gasteiger charge is -2.35. The molecule has 1 aliphatic heterocycles. The summed E-state index contributed by atoms with van der Waals surface area (Å²) in [7, 11) is 0. The van der Waals surface area contributed by atoms with Crippen molar-refractivity contribution in [3.05, 3.63) is 17.5 Å². The summed E-state index contributed by atoms with van der Waals surface area (Å²) in [6, 6.07) is 2.21. The fourth-order valence-corrected chi connectivity index (χ4v) is 2.18. The Balaban J connectivity index is 2.10. The summed E-state index contributed by atoms with van der Waals surface area (Å²) in [6.07, 6.45) is 1.74. The highest BCUT2D eigenvalue weighted by Gasteiger charge is 2.28. The highest BCUT2D eigenvalue weighted by molar-refractivity contribution is 5.92. The van der Waals surface area contributed by atoms with Crippen LogP contribution in [-0.4, -0.2) is 39.6 Å². The van der Waals surface area contributed by atoms with Crippen molar-refractivity contribution >= 4 is 5.91 Å². The average Bonchev–Trinajstić information content (AvgIpc) is 2.64. The van der Waals surface area contributed by atoms with Crippen LogP contribution in [-0.2, 0) is 0 Å². The molecule has 2 rings (SSSR count). The quantitative estimate of drug-likeness (QED) is 0.733. The molecule has 1 aromatic rings. The Morgan fingerprint density at radius 2 is 2.44 bits per heavy atom. The Hall–Kier alpha value is -1.36. The molecule has 2 heterocycles. The molecule has 5 heteroatoms. The number of hydrogen-bond acceptors (Lipinski definition) is 3. The molecule has 88 valence electrons. The summed E-state index contributed by atoms with van der Waals surface area (Å²) in [5.74, 6) is 0.00347. The van der Waals surface area contributed by atoms with E-state index in [1.165, 1.54) is 0 Å². The minimum absolute atomic E-state index is 0.00347. The zero-order valence-corrected chi connectivity index (χ0v) is 9.73. The Bertz CT molecular complexity index is 387. The lowest BCUT2D eigenvalue weighted by Crippen LogP contribution is -2.48. The van der Waals surface area contributed by atoms with Gasteiger partial charge in [-0.25, -0.2) is 0 Å². The van der Waals surface area contributed by atoms with Crippen LogP contribution in [0.4, 0.5) is 0 Å². The number of aromatic nitrogens is 2. The minimum atomic E-state index is 0.00347. The summed E-state index contributed by atoms with van der Waals surface area (Å²) in [4.78, 5) is 14.0. The zero-order chi connectivity index (χ0) is 11.7. The third-order valence-electron chi connectivity index (χ3n) is 3.10. The molecule has 1 saturated heterocycles. The maximum atomic E-state index is 12.1. The van der Waals surface area contributed by atoms with Gasteiger partial charge in [0.25, 0.3) is 5.91 Å². The van der Waals surface area contributed by atoms with Gasteiger partial charge in [0.05, 0.1) is 0 Å². The van der Waals surface area contributed by atoms with E-state index in [4.69, 9.17) is 5.73 Å². The molecule has 0 radical (unpaired) electrons. The van der Waals surface area contributed by atoms with E-state index in [0.717, 1.165) is 25.1 Å². The number of amides is 1. The summed E-state index contributed by atoms with van der Waals surface area (Å²) in [5.41, 5.74) is 7.28. The third kappa shape index (κ3) is 2.09. The van der Waals surface area contributed by atoms with Gasteiger partial charge in [0.2, 0.25) is 0 Å². The van der Waals surface area contributed by atoms with Crippen molar-refractivity contribution < 1.29 is 4.79 Å². The van der Waals surface area contributed by atoms with Crippen molar-refractivity contribution in [3.63, 3.8) is 0 Å². The minimum Gasteiger partial charge on any atom is -0.334 e. The summed E-state index contributed by atoms with van der Waals surface area (Å²) < 4.78 is 0. The van der Waals surface area contributed by atoms with Crippen molar-refractivity contribution in [2.75, 3.05) is 6.54 Å². The first-order valence-electron chi connectivity index (χ1n) is 5.66. The molecule has 16 heavy (non-hydrogen) atoms. The van der Waals surface area contributed by atoms with Gasteiger partial charge in [-0.15, -0.1) is 0 Å². The zero-order valence-electron chi connectivity index (χ0n) is 9.73. The van der Waals surface area contributed by atoms with Gasteiger partial charge >= 0.3 is 0 Å². The van der Waals surface area contributed by atoms with Crippen LogP contribution in [0, 0.1) is 6.92 Å². The number of H-pyrrole nitrogens is 1. The number of rotatable bonds is 1. The van der Waals surface area contributed by atoms with Crippen molar-refractivity contribution in [2.24, 2.45) is 5.73 Å². The van der Waals surface area contributed by atoms with E-state index in [0.29, 0.717) is 5.69 Å². The maximum absolute atomic E-state index is 12.1. The number of nitrogens with two attached hydrogens (primary N) is 1. The lowest BCUT2D eigenvalue weighted by molar-refractivity contribution is 0.0613. The number of carbonyl (C=O) groups is 1. The Labute approximate surface area is 95.0 Å². The van der Waals surface area contributed by atoms with E-state index in [9.17, 15) is 4.79 Å². The largest absolute Gasteiger partial charge is 0.334 e. The van der Waals surface area contributed by atoms with Crippen molar-refractivity contribution in [1.29, 1.82) is 0 Å². The number of aryl methyl sites for hydroxylation is 1. The van der Waals surface area contributed by atoms with E-state index < -0.39 is 0 Å². The predicted octanol–water partition coefficient (Wildman–Crippen LogP) is 0.670. The number of piperidine rings is 1. The number of nitrogens with zero attached hydrogens (tertiary/aromatic N) is 2. The van der Waals surface area contributed by atoms with Crippen LogP contribution in [0.1, 0.15) is 35.9 Å². The molecule has 1 aromatic heterocycles. The van der Waals surface area contributed by atoms with Crippen LogP contribution in [0.15, 0.2) is 6.07 Å². The second kappa shape index (κ2) is 4.25. The van der Waals surface area contributed by atoms with E-state index >= 15 is 0 Å². The Morgan fingerprint density at radius 3 is 3.00 bits per heavy atom. The van der Waals surface area contributed by atoms with Gasteiger partial charge in [-0.2, -0.15) is 5.10 Å². The molecule has 5 nitrogen and oxygen atoms in total. The summed E-state index contributed by atoms with van der Waals surface area (Å²) in [5, 5.41) is 6.79. The molecular formula is C11H18N4O. The number of likely N-dealkylation sites (tertiary alicyclic amines) is 1. The first kappa shape index (κ1) is 11.1. The van der Waals surface area contributed by atoms with E-state index in [-0.39, 0.29) is 18.0 Å². The molecule has 1 aliphatic rings. The van der Waals surface area contributed by atoms with Crippen molar-refractivity contribution in [1.82, 2.24) is 15.1 Å². The number of aromatic amines is 1. The highest BCUT2D eigenvalue weighted by atomic mass is 16.2. The molecule has 1 amide bonds. The standard InChI is InChI=1S/C11H18N4O/c1-7-5-10(14-13-7)11(16)15-4-3-9(12)6-8(15)2/h5,8-9H,3-4,6,12H2,1-2H3,(H,13,14). The molecule has 0 bridgehead atoms. The average molecular weight is 222 g/mol. The van der Waals surface area contributed by atoms with E-state index in [2.05, 4.69) is 10.2 Å². The van der Waals surface area contributed by atoms with E-state index in [1.807, 2.05) is 18.7 Å². The van der Waals surface area contributed by atoms with Crippen molar-refractivity contribution in [3.8, 4) is 0 Å². The van der Waals surface area contributed by atoms with Gasteiger partial charge < -0.3 is 10.6 Å². The second-order valence-corrected chi connectivity index (χ2v) is 4.57. The van der Waals surface area contributed by atoms with Crippen LogP contribution in [0.2, 0.25) is 0 Å². The summed E-state index contributed by atoms with van der Waals surface area (Å²) >= 11 is 0.